The highest BCUT2D eigenvalue weighted by molar-refractivity contribution is 6.02. The Labute approximate surface area is 237 Å². The second kappa shape index (κ2) is 14.7. The van der Waals surface area contributed by atoms with Crippen LogP contribution >= 0.6 is 0 Å². The maximum Gasteiger partial charge on any atom is 0.326 e. The molecule has 41 heavy (non-hydrogen) atoms. The number of nitrogens with two attached hydrogens (primary N) is 1. The Balaban J connectivity index is 1.23. The standard InChI is InChI=1S/C31H34N4O6/c32-22(19-29(38)41-34-17-5-6-18-36)7-3-4-16-33-31(39)35-23-12-10-21(11-13-23)30-25-8-1-2-9-27(25)40-28-20-24(37)14-15-26(28)30/h1-2,8-15,18,20,22,34H,3-7,16-17,19,32H2,(H2,33,35,39). The van der Waals surface area contributed by atoms with E-state index in [0.717, 1.165) is 34.8 Å². The Morgan fingerprint density at radius 1 is 0.976 bits per heavy atom. The molecular weight excluding hydrogens is 524 g/mol. The molecule has 10 nitrogen and oxygen atoms in total. The number of amides is 2. The summed E-state index contributed by atoms with van der Waals surface area (Å²) >= 11 is 0. The largest absolute Gasteiger partial charge is 0.456 e. The summed E-state index contributed by atoms with van der Waals surface area (Å²) in [5.74, 6) is 0.0837. The summed E-state index contributed by atoms with van der Waals surface area (Å²) in [6.07, 6.45) is 3.99. The predicted octanol–water partition coefficient (Wildman–Crippen LogP) is 4.60. The van der Waals surface area contributed by atoms with E-state index in [4.69, 9.17) is 15.0 Å². The molecule has 10 heteroatoms. The molecule has 2 aromatic carbocycles. The van der Waals surface area contributed by atoms with Gasteiger partial charge < -0.3 is 30.4 Å². The average molecular weight is 559 g/mol. The normalized spacial score (nSPS) is 11.7. The van der Waals surface area contributed by atoms with Crippen LogP contribution in [0.3, 0.4) is 0 Å². The van der Waals surface area contributed by atoms with Gasteiger partial charge in [0.1, 0.15) is 17.6 Å². The minimum Gasteiger partial charge on any atom is -0.456 e. The van der Waals surface area contributed by atoms with Gasteiger partial charge in [-0.25, -0.2) is 4.79 Å². The molecule has 1 aliphatic carbocycles. The number of hydrogen-bond donors (Lipinski definition) is 4. The van der Waals surface area contributed by atoms with E-state index >= 15 is 0 Å². The molecule has 0 spiro atoms. The van der Waals surface area contributed by atoms with Gasteiger partial charge in [-0.1, -0.05) is 36.8 Å². The molecule has 0 saturated heterocycles. The van der Waals surface area contributed by atoms with Gasteiger partial charge in [-0.05, 0) is 55.2 Å². The summed E-state index contributed by atoms with van der Waals surface area (Å²) < 4.78 is 5.97. The molecular formula is C31H34N4O6. The molecule has 0 fully saturated rings. The Morgan fingerprint density at radius 3 is 2.59 bits per heavy atom. The van der Waals surface area contributed by atoms with E-state index in [1.54, 1.807) is 6.07 Å². The van der Waals surface area contributed by atoms with Crippen LogP contribution < -0.4 is 27.3 Å². The van der Waals surface area contributed by atoms with E-state index in [9.17, 15) is 19.2 Å². The number of rotatable bonds is 14. The van der Waals surface area contributed by atoms with Crippen molar-refractivity contribution in [2.45, 2.75) is 44.6 Å². The van der Waals surface area contributed by atoms with Crippen LogP contribution in [0.1, 0.15) is 38.5 Å². The summed E-state index contributed by atoms with van der Waals surface area (Å²) in [5.41, 5.74) is 12.5. The van der Waals surface area contributed by atoms with Gasteiger partial charge in [0.05, 0.1) is 6.42 Å². The summed E-state index contributed by atoms with van der Waals surface area (Å²) in [6, 6.07) is 19.3. The number of carbonyl (C=O) groups excluding carboxylic acids is 3. The van der Waals surface area contributed by atoms with Gasteiger partial charge in [-0.3, -0.25) is 9.59 Å². The second-order valence-electron chi connectivity index (χ2n) is 9.73. The van der Waals surface area contributed by atoms with Crippen LogP contribution in [0.15, 0.2) is 75.9 Å². The second-order valence-corrected chi connectivity index (χ2v) is 9.73. The number of anilines is 1. The molecule has 0 saturated carbocycles. The minimum atomic E-state index is -0.438. The van der Waals surface area contributed by atoms with Crippen molar-refractivity contribution in [1.82, 2.24) is 10.8 Å². The number of fused-ring (bicyclic) bond motifs is 2. The molecule has 1 heterocycles. The van der Waals surface area contributed by atoms with Crippen molar-refractivity contribution in [2.24, 2.45) is 5.73 Å². The summed E-state index contributed by atoms with van der Waals surface area (Å²) in [5, 5.41) is 6.60. The monoisotopic (exact) mass is 558 g/mol. The fraction of sp³-hybridized carbons (Fsp3) is 0.290. The minimum absolute atomic E-state index is 0.0909. The SMILES string of the molecule is NC(CCCCNC(=O)Nc1ccc(-c2c3ccc(=O)cc-3oc3ccccc23)cc1)CC(=O)ONCCCC=O. The van der Waals surface area contributed by atoms with Crippen LogP contribution in [0.25, 0.3) is 33.4 Å². The molecule has 0 bridgehead atoms. The Kier molecular flexibility index (Phi) is 10.6. The summed E-state index contributed by atoms with van der Waals surface area (Å²) in [6.45, 7) is 0.881. The van der Waals surface area contributed by atoms with Crippen molar-refractivity contribution in [3.8, 4) is 22.5 Å². The van der Waals surface area contributed by atoms with Crippen LogP contribution in [0.4, 0.5) is 10.5 Å². The lowest BCUT2D eigenvalue weighted by molar-refractivity contribution is -0.151. The lowest BCUT2D eigenvalue weighted by Gasteiger charge is -2.15. The number of urea groups is 1. The molecule has 214 valence electrons. The number of hydroxylamine groups is 1. The van der Waals surface area contributed by atoms with Crippen molar-refractivity contribution in [2.75, 3.05) is 18.4 Å². The first-order valence-corrected chi connectivity index (χ1v) is 13.7. The predicted molar refractivity (Wildman–Crippen MR) is 157 cm³/mol. The molecule has 5 N–H and O–H groups in total. The van der Waals surface area contributed by atoms with E-state index < -0.39 is 5.97 Å². The topological polar surface area (TPSA) is 153 Å². The number of unbranched alkanes of at least 4 members (excludes halogenated alkanes) is 2. The van der Waals surface area contributed by atoms with Gasteiger partial charge in [-0.2, -0.15) is 5.48 Å². The summed E-state index contributed by atoms with van der Waals surface area (Å²) in [4.78, 5) is 51.2. The lowest BCUT2D eigenvalue weighted by atomic mass is 9.94. The molecule has 0 aromatic heterocycles. The molecule has 1 aliphatic heterocycles. The van der Waals surface area contributed by atoms with Crippen LogP contribution in [-0.2, 0) is 14.4 Å². The first-order chi connectivity index (χ1) is 19.9. The molecule has 1 atom stereocenters. The van der Waals surface area contributed by atoms with E-state index in [-0.39, 0.29) is 23.9 Å². The van der Waals surface area contributed by atoms with E-state index in [0.29, 0.717) is 55.8 Å². The average Bonchev–Trinajstić information content (AvgIpc) is 2.96. The molecule has 2 amide bonds. The third kappa shape index (κ3) is 8.47. The van der Waals surface area contributed by atoms with E-state index in [2.05, 4.69) is 16.1 Å². The van der Waals surface area contributed by atoms with Crippen LogP contribution in [0.2, 0.25) is 0 Å². The van der Waals surface area contributed by atoms with Gasteiger partial charge in [0, 0.05) is 53.8 Å². The zero-order valence-electron chi connectivity index (χ0n) is 22.7. The van der Waals surface area contributed by atoms with Crippen LogP contribution in [0.5, 0.6) is 0 Å². The molecule has 2 aromatic rings. The fourth-order valence-electron chi connectivity index (χ4n) is 4.51. The Hall–Kier alpha value is -4.54. The number of para-hydroxylation sites is 1. The maximum atomic E-state index is 12.4. The van der Waals surface area contributed by atoms with E-state index in [1.165, 1.54) is 12.1 Å². The molecule has 4 rings (SSSR count). The Bertz CT molecular complexity index is 1500. The van der Waals surface area contributed by atoms with Gasteiger partial charge in [0.25, 0.3) is 0 Å². The fourth-order valence-corrected chi connectivity index (χ4v) is 4.51. The molecule has 0 radical (unpaired) electrons. The first kappa shape index (κ1) is 29.4. The Morgan fingerprint density at radius 2 is 1.78 bits per heavy atom. The summed E-state index contributed by atoms with van der Waals surface area (Å²) in [7, 11) is 0. The van der Waals surface area contributed by atoms with Crippen molar-refractivity contribution in [1.29, 1.82) is 0 Å². The van der Waals surface area contributed by atoms with Crippen molar-refractivity contribution in [3.63, 3.8) is 0 Å². The zero-order chi connectivity index (χ0) is 29.0. The number of carbonyl (C=O) groups is 3. The first-order valence-electron chi connectivity index (χ1n) is 13.7. The van der Waals surface area contributed by atoms with Gasteiger partial charge >= 0.3 is 12.0 Å². The highest BCUT2D eigenvalue weighted by Crippen LogP contribution is 2.39. The van der Waals surface area contributed by atoms with Gasteiger partial charge in [0.15, 0.2) is 5.43 Å². The number of nitrogens with one attached hydrogen (secondary N) is 3. The van der Waals surface area contributed by atoms with E-state index in [1.807, 2.05) is 48.5 Å². The highest BCUT2D eigenvalue weighted by Gasteiger charge is 2.17. The zero-order valence-corrected chi connectivity index (χ0v) is 22.7. The van der Waals surface area contributed by atoms with Crippen LogP contribution in [-0.4, -0.2) is 37.4 Å². The number of aldehydes is 1. The van der Waals surface area contributed by atoms with Gasteiger partial charge in [0.2, 0.25) is 0 Å². The smallest absolute Gasteiger partial charge is 0.326 e. The quantitative estimate of drug-likeness (QED) is 0.0758. The lowest BCUT2D eigenvalue weighted by Crippen LogP contribution is -2.30. The number of hydrogen-bond acceptors (Lipinski definition) is 8. The van der Waals surface area contributed by atoms with Crippen molar-refractivity contribution >= 4 is 34.9 Å². The third-order valence-electron chi connectivity index (χ3n) is 6.53. The maximum absolute atomic E-state index is 12.4. The van der Waals surface area contributed by atoms with Crippen molar-refractivity contribution < 1.29 is 23.6 Å². The third-order valence-corrected chi connectivity index (χ3v) is 6.53. The van der Waals surface area contributed by atoms with Crippen LogP contribution in [0, 0.1) is 0 Å². The van der Waals surface area contributed by atoms with Gasteiger partial charge in [-0.15, -0.1) is 0 Å². The highest BCUT2D eigenvalue weighted by atomic mass is 16.7. The number of benzene rings is 3. The molecule has 2 aliphatic rings. The van der Waals surface area contributed by atoms with Crippen molar-refractivity contribution in [3.05, 3.63) is 77.0 Å². The molecule has 1 unspecified atom stereocenters.